The summed E-state index contributed by atoms with van der Waals surface area (Å²) in [5.41, 5.74) is 2.29. The minimum atomic E-state index is -0.338. The van der Waals surface area contributed by atoms with Gasteiger partial charge in [-0.3, -0.25) is 0 Å². The van der Waals surface area contributed by atoms with E-state index in [1.54, 1.807) is 12.1 Å². The van der Waals surface area contributed by atoms with E-state index >= 15 is 0 Å². The van der Waals surface area contributed by atoms with Crippen LogP contribution in [0.3, 0.4) is 0 Å². The van der Waals surface area contributed by atoms with Gasteiger partial charge in [0.1, 0.15) is 6.61 Å². The Labute approximate surface area is 111 Å². The Bertz CT molecular complexity index is 523. The first-order valence-electron chi connectivity index (χ1n) is 5.66. The molecule has 2 rings (SSSR count). The maximum absolute atomic E-state index is 11.9. The summed E-state index contributed by atoms with van der Waals surface area (Å²) in [4.78, 5) is 11.9. The lowest BCUT2D eigenvalue weighted by molar-refractivity contribution is 0.0472. The number of alkyl halides is 1. The van der Waals surface area contributed by atoms with Crippen molar-refractivity contribution in [1.82, 2.24) is 0 Å². The Kier molecular flexibility index (Phi) is 4.37. The third-order valence-electron chi connectivity index (χ3n) is 2.59. The summed E-state index contributed by atoms with van der Waals surface area (Å²) >= 11 is 5.79. The van der Waals surface area contributed by atoms with Crippen molar-refractivity contribution in [1.29, 1.82) is 0 Å². The molecule has 0 aliphatic carbocycles. The van der Waals surface area contributed by atoms with Gasteiger partial charge in [0.15, 0.2) is 0 Å². The van der Waals surface area contributed by atoms with Crippen LogP contribution >= 0.6 is 11.6 Å². The van der Waals surface area contributed by atoms with E-state index in [1.807, 2.05) is 42.5 Å². The molecule has 0 saturated carbocycles. The van der Waals surface area contributed by atoms with Gasteiger partial charge in [0.05, 0.1) is 5.56 Å². The molecule has 0 aromatic heterocycles. The number of rotatable bonds is 4. The Morgan fingerprint density at radius 3 is 2.39 bits per heavy atom. The molecule has 18 heavy (non-hydrogen) atoms. The molecule has 0 radical (unpaired) electrons. The zero-order chi connectivity index (χ0) is 12.8. The van der Waals surface area contributed by atoms with Gasteiger partial charge in [0, 0.05) is 5.88 Å². The lowest BCUT2D eigenvalue weighted by Gasteiger charge is -2.07. The number of carbonyl (C=O) groups is 1. The monoisotopic (exact) mass is 260 g/mol. The number of halogens is 1. The molecule has 92 valence electrons. The SMILES string of the molecule is O=C(OCc1ccccc1)c1ccccc1CCl. The molecule has 2 aromatic carbocycles. The fraction of sp³-hybridized carbons (Fsp3) is 0.133. The predicted octanol–water partition coefficient (Wildman–Crippen LogP) is 3.78. The first kappa shape index (κ1) is 12.7. The Hall–Kier alpha value is -1.80. The molecule has 0 heterocycles. The molecule has 2 nitrogen and oxygen atoms in total. The molecule has 0 bridgehead atoms. The van der Waals surface area contributed by atoms with Crippen LogP contribution < -0.4 is 0 Å². The highest BCUT2D eigenvalue weighted by molar-refractivity contribution is 6.17. The molecule has 0 aliphatic heterocycles. The minimum absolute atomic E-state index is 0.274. The molecular weight excluding hydrogens is 248 g/mol. The van der Waals surface area contributed by atoms with E-state index in [-0.39, 0.29) is 12.6 Å². The third kappa shape index (κ3) is 3.11. The second-order valence-electron chi connectivity index (χ2n) is 3.85. The summed E-state index contributed by atoms with van der Waals surface area (Å²) < 4.78 is 5.26. The van der Waals surface area contributed by atoms with Crippen LogP contribution in [0.5, 0.6) is 0 Å². The fourth-order valence-electron chi connectivity index (χ4n) is 1.64. The molecule has 0 atom stereocenters. The summed E-state index contributed by atoms with van der Waals surface area (Å²) in [6.45, 7) is 0.274. The van der Waals surface area contributed by atoms with E-state index in [0.29, 0.717) is 11.4 Å². The normalized spacial score (nSPS) is 10.1. The number of carbonyl (C=O) groups excluding carboxylic acids is 1. The van der Waals surface area contributed by atoms with Gasteiger partial charge >= 0.3 is 5.97 Å². The minimum Gasteiger partial charge on any atom is -0.457 e. The van der Waals surface area contributed by atoms with Crippen LogP contribution in [0.1, 0.15) is 21.5 Å². The van der Waals surface area contributed by atoms with Gasteiger partial charge in [-0.2, -0.15) is 0 Å². The Balaban J connectivity index is 2.04. The van der Waals surface area contributed by atoms with Gasteiger partial charge < -0.3 is 4.74 Å². The number of esters is 1. The second-order valence-corrected chi connectivity index (χ2v) is 4.12. The van der Waals surface area contributed by atoms with Crippen LogP contribution in [0, 0.1) is 0 Å². The predicted molar refractivity (Wildman–Crippen MR) is 71.6 cm³/mol. The first-order chi connectivity index (χ1) is 8.81. The van der Waals surface area contributed by atoms with Crippen molar-refractivity contribution in [3.8, 4) is 0 Å². The molecular formula is C15H13ClO2. The van der Waals surface area contributed by atoms with Crippen molar-refractivity contribution in [2.45, 2.75) is 12.5 Å². The van der Waals surface area contributed by atoms with Crippen molar-refractivity contribution in [3.63, 3.8) is 0 Å². The maximum atomic E-state index is 11.9. The first-order valence-corrected chi connectivity index (χ1v) is 6.19. The van der Waals surface area contributed by atoms with E-state index in [0.717, 1.165) is 11.1 Å². The topological polar surface area (TPSA) is 26.3 Å². The fourth-order valence-corrected chi connectivity index (χ4v) is 1.87. The van der Waals surface area contributed by atoms with E-state index in [9.17, 15) is 4.79 Å². The van der Waals surface area contributed by atoms with Gasteiger partial charge in [0.25, 0.3) is 0 Å². The Morgan fingerprint density at radius 2 is 1.67 bits per heavy atom. The van der Waals surface area contributed by atoms with Crippen molar-refractivity contribution >= 4 is 17.6 Å². The molecule has 3 heteroatoms. The van der Waals surface area contributed by atoms with Crippen LogP contribution in [0.4, 0.5) is 0 Å². The molecule has 2 aromatic rings. The quantitative estimate of drug-likeness (QED) is 0.618. The standard InChI is InChI=1S/C15H13ClO2/c16-10-13-8-4-5-9-14(13)15(17)18-11-12-6-2-1-3-7-12/h1-9H,10-11H2. The molecule has 0 amide bonds. The van der Waals surface area contributed by atoms with Gasteiger partial charge in [0.2, 0.25) is 0 Å². The highest BCUT2D eigenvalue weighted by atomic mass is 35.5. The van der Waals surface area contributed by atoms with Crippen LogP contribution in [0.15, 0.2) is 54.6 Å². The zero-order valence-electron chi connectivity index (χ0n) is 9.80. The lowest BCUT2D eigenvalue weighted by Crippen LogP contribution is -2.07. The molecule has 0 N–H and O–H groups in total. The molecule has 0 spiro atoms. The smallest absolute Gasteiger partial charge is 0.338 e. The third-order valence-corrected chi connectivity index (χ3v) is 2.88. The van der Waals surface area contributed by atoms with Gasteiger partial charge in [-0.25, -0.2) is 4.79 Å². The molecule has 0 saturated heterocycles. The Morgan fingerprint density at radius 1 is 1.00 bits per heavy atom. The summed E-state index contributed by atoms with van der Waals surface area (Å²) in [5.74, 6) is -0.0357. The van der Waals surface area contributed by atoms with Crippen molar-refractivity contribution in [2.75, 3.05) is 0 Å². The average molecular weight is 261 g/mol. The van der Waals surface area contributed by atoms with Crippen LogP contribution in [-0.2, 0) is 17.2 Å². The summed E-state index contributed by atoms with van der Waals surface area (Å²) in [7, 11) is 0. The van der Waals surface area contributed by atoms with Crippen molar-refractivity contribution in [3.05, 3.63) is 71.3 Å². The van der Waals surface area contributed by atoms with Gasteiger partial charge in [-0.1, -0.05) is 48.5 Å². The highest BCUT2D eigenvalue weighted by Gasteiger charge is 2.11. The highest BCUT2D eigenvalue weighted by Crippen LogP contribution is 2.13. The molecule has 0 fully saturated rings. The summed E-state index contributed by atoms with van der Waals surface area (Å²) in [5, 5.41) is 0. The second kappa shape index (κ2) is 6.22. The maximum Gasteiger partial charge on any atom is 0.338 e. The molecule has 0 aliphatic rings. The van der Waals surface area contributed by atoms with Crippen LogP contribution in [0.2, 0.25) is 0 Å². The lowest BCUT2D eigenvalue weighted by atomic mass is 10.1. The van der Waals surface area contributed by atoms with E-state index in [2.05, 4.69) is 0 Å². The average Bonchev–Trinajstić information content (AvgIpc) is 2.45. The van der Waals surface area contributed by atoms with Crippen LogP contribution in [0.25, 0.3) is 0 Å². The largest absolute Gasteiger partial charge is 0.457 e. The molecule has 0 unspecified atom stereocenters. The number of hydrogen-bond acceptors (Lipinski definition) is 2. The van der Waals surface area contributed by atoms with E-state index in [4.69, 9.17) is 16.3 Å². The zero-order valence-corrected chi connectivity index (χ0v) is 10.6. The van der Waals surface area contributed by atoms with E-state index in [1.165, 1.54) is 0 Å². The number of benzene rings is 2. The van der Waals surface area contributed by atoms with Crippen LogP contribution in [-0.4, -0.2) is 5.97 Å². The summed E-state index contributed by atoms with van der Waals surface area (Å²) in [6, 6.07) is 16.8. The number of hydrogen-bond donors (Lipinski definition) is 0. The van der Waals surface area contributed by atoms with Crippen molar-refractivity contribution in [2.24, 2.45) is 0 Å². The van der Waals surface area contributed by atoms with Gasteiger partial charge in [-0.15, -0.1) is 11.6 Å². The van der Waals surface area contributed by atoms with Crippen molar-refractivity contribution < 1.29 is 9.53 Å². The summed E-state index contributed by atoms with van der Waals surface area (Å²) in [6.07, 6.45) is 0. The number of ether oxygens (including phenoxy) is 1. The van der Waals surface area contributed by atoms with E-state index < -0.39 is 0 Å². The van der Waals surface area contributed by atoms with Gasteiger partial charge in [-0.05, 0) is 17.2 Å².